The fraction of sp³-hybridized carbons (Fsp3) is 0.581. The summed E-state index contributed by atoms with van der Waals surface area (Å²) in [7, 11) is 0. The van der Waals surface area contributed by atoms with Crippen molar-refractivity contribution in [3.63, 3.8) is 0 Å². The minimum Gasteiger partial charge on any atom is -0.493 e. The van der Waals surface area contributed by atoms with E-state index in [1.807, 2.05) is 48.5 Å². The van der Waals surface area contributed by atoms with Crippen LogP contribution in [0.5, 0.6) is 5.75 Å². The Kier molecular flexibility index (Phi) is 14.3. The van der Waals surface area contributed by atoms with Crippen molar-refractivity contribution >= 4 is 40.8 Å². The molecule has 0 bridgehead atoms. The molecule has 0 spiro atoms. The van der Waals surface area contributed by atoms with Crippen LogP contribution in [0.4, 0.5) is 4.39 Å². The second-order valence-electron chi connectivity index (χ2n) is 17.0. The number of nitrogens with zero attached hydrogens (tertiary/aromatic N) is 3. The highest BCUT2D eigenvalue weighted by atomic mass is 32.2. The second kappa shape index (κ2) is 19.0. The lowest BCUT2D eigenvalue weighted by atomic mass is 9.85. The van der Waals surface area contributed by atoms with E-state index in [1.54, 1.807) is 32.1 Å². The lowest BCUT2D eigenvalue weighted by Gasteiger charge is -2.35. The first-order valence-corrected chi connectivity index (χ1v) is 22.1. The van der Waals surface area contributed by atoms with Crippen molar-refractivity contribution in [1.82, 2.24) is 25.4 Å². The van der Waals surface area contributed by atoms with Crippen molar-refractivity contribution in [2.24, 2.45) is 17.1 Å². The zero-order chi connectivity index (χ0) is 40.7. The molecular weight excluding hydrogens is 764 g/mol. The quantitative estimate of drug-likeness (QED) is 0.126. The molecule has 5 N–H and O–H groups in total. The number of ether oxygens (including phenoxy) is 1. The van der Waals surface area contributed by atoms with Gasteiger partial charge >= 0.3 is 0 Å². The SMILES string of the molecule is Cc1ncsc1-c1ccc(CNC(=O)[C@@H]2C[C@@H](O)CN2C(=O)[C@@H](NC(=O)C2(F)CC2)C(C)(C)C)c(OCCC2CCN(CC[C@@H](N)CSc3ccccc3)CC2)c1. The Labute approximate surface area is 344 Å². The molecule has 3 heterocycles. The Hall–Kier alpha value is -3.56. The normalized spacial score (nSPS) is 20.9. The maximum absolute atomic E-state index is 14.6. The summed E-state index contributed by atoms with van der Waals surface area (Å²) in [5.41, 5.74) is 8.28. The molecule has 3 amide bonds. The van der Waals surface area contributed by atoms with Gasteiger partial charge in [0, 0.05) is 41.8 Å². The van der Waals surface area contributed by atoms with Crippen molar-refractivity contribution < 1.29 is 28.6 Å². The van der Waals surface area contributed by atoms with Crippen LogP contribution in [-0.2, 0) is 20.9 Å². The Balaban J connectivity index is 1.03. The first-order chi connectivity index (χ1) is 27.2. The lowest BCUT2D eigenvalue weighted by Crippen LogP contribution is -2.59. The molecule has 310 valence electrons. The van der Waals surface area contributed by atoms with Crippen molar-refractivity contribution in [3.05, 3.63) is 65.3 Å². The van der Waals surface area contributed by atoms with Gasteiger partial charge < -0.3 is 36.0 Å². The minimum atomic E-state index is -1.95. The molecule has 6 rings (SSSR count). The molecule has 2 aliphatic heterocycles. The first-order valence-electron chi connectivity index (χ1n) is 20.3. The molecule has 2 saturated heterocycles. The Morgan fingerprint density at radius 3 is 2.54 bits per heavy atom. The summed E-state index contributed by atoms with van der Waals surface area (Å²) in [6.45, 7) is 11.1. The van der Waals surface area contributed by atoms with E-state index in [9.17, 15) is 23.9 Å². The van der Waals surface area contributed by atoms with E-state index < -0.39 is 47.0 Å². The van der Waals surface area contributed by atoms with E-state index in [0.717, 1.165) is 72.8 Å². The summed E-state index contributed by atoms with van der Waals surface area (Å²) in [5, 5.41) is 16.2. The van der Waals surface area contributed by atoms with E-state index in [2.05, 4.69) is 44.8 Å². The maximum Gasteiger partial charge on any atom is 0.258 e. The number of aryl methyl sites for hydroxylation is 1. The van der Waals surface area contributed by atoms with Gasteiger partial charge in [-0.15, -0.1) is 23.1 Å². The molecule has 1 aromatic heterocycles. The second-order valence-corrected chi connectivity index (χ2v) is 19.0. The number of aliphatic hydroxyl groups excluding tert-OH is 1. The van der Waals surface area contributed by atoms with Gasteiger partial charge in [-0.05, 0) is 100 Å². The molecule has 1 saturated carbocycles. The summed E-state index contributed by atoms with van der Waals surface area (Å²) >= 11 is 3.38. The van der Waals surface area contributed by atoms with Gasteiger partial charge in [-0.2, -0.15) is 0 Å². The maximum atomic E-state index is 14.6. The average molecular weight is 823 g/mol. The number of aromatic nitrogens is 1. The van der Waals surface area contributed by atoms with Crippen LogP contribution in [0.25, 0.3) is 10.4 Å². The van der Waals surface area contributed by atoms with Crippen LogP contribution >= 0.6 is 23.1 Å². The molecule has 14 heteroatoms. The van der Waals surface area contributed by atoms with Crippen LogP contribution in [0.15, 0.2) is 58.9 Å². The van der Waals surface area contributed by atoms with Crippen molar-refractivity contribution in [2.75, 3.05) is 38.5 Å². The van der Waals surface area contributed by atoms with Gasteiger partial charge in [0.05, 0.1) is 28.8 Å². The zero-order valence-corrected chi connectivity index (χ0v) is 35.3. The molecule has 3 aromatic rings. The number of halogens is 1. The highest BCUT2D eigenvalue weighted by molar-refractivity contribution is 7.99. The fourth-order valence-corrected chi connectivity index (χ4v) is 9.28. The van der Waals surface area contributed by atoms with E-state index in [-0.39, 0.29) is 38.4 Å². The van der Waals surface area contributed by atoms with Gasteiger partial charge in [0.25, 0.3) is 5.91 Å². The number of carbonyl (C=O) groups excluding carboxylic acids is 3. The van der Waals surface area contributed by atoms with E-state index in [4.69, 9.17) is 10.5 Å². The highest BCUT2D eigenvalue weighted by Crippen LogP contribution is 2.40. The number of hydrogen-bond acceptors (Lipinski definition) is 10. The summed E-state index contributed by atoms with van der Waals surface area (Å²) < 4.78 is 21.1. The van der Waals surface area contributed by atoms with Crippen LogP contribution in [-0.4, -0.2) is 106 Å². The van der Waals surface area contributed by atoms with Crippen LogP contribution in [0.1, 0.15) is 77.0 Å². The van der Waals surface area contributed by atoms with Crippen LogP contribution in [0.3, 0.4) is 0 Å². The van der Waals surface area contributed by atoms with Crippen LogP contribution in [0, 0.1) is 18.3 Å². The number of rotatable bonds is 17. The highest BCUT2D eigenvalue weighted by Gasteiger charge is 2.53. The summed E-state index contributed by atoms with van der Waals surface area (Å²) in [4.78, 5) is 50.9. The van der Waals surface area contributed by atoms with Crippen LogP contribution in [0.2, 0.25) is 0 Å². The molecule has 0 unspecified atom stereocenters. The number of benzene rings is 2. The Morgan fingerprint density at radius 1 is 1.14 bits per heavy atom. The van der Waals surface area contributed by atoms with Gasteiger partial charge in [0.1, 0.15) is 17.8 Å². The molecule has 11 nitrogen and oxygen atoms in total. The Morgan fingerprint density at radius 2 is 1.88 bits per heavy atom. The van der Waals surface area contributed by atoms with Gasteiger partial charge in [-0.3, -0.25) is 14.4 Å². The third kappa shape index (κ3) is 11.6. The largest absolute Gasteiger partial charge is 0.493 e. The minimum absolute atomic E-state index is 0.0569. The van der Waals surface area contributed by atoms with Gasteiger partial charge in [-0.1, -0.05) is 51.1 Å². The predicted molar refractivity (Wildman–Crippen MR) is 224 cm³/mol. The smallest absolute Gasteiger partial charge is 0.258 e. The van der Waals surface area contributed by atoms with Crippen molar-refractivity contribution in [3.8, 4) is 16.2 Å². The number of β-amino-alcohol motifs (C(OH)–C–C–N with tert-alkyl or cyclic N) is 1. The number of aliphatic hydroxyl groups is 1. The molecule has 57 heavy (non-hydrogen) atoms. The number of amides is 3. The van der Waals surface area contributed by atoms with Crippen molar-refractivity contribution in [2.45, 2.75) is 114 Å². The van der Waals surface area contributed by atoms with Gasteiger partial charge in [0.2, 0.25) is 11.8 Å². The number of nitrogens with two attached hydrogens (primary N) is 1. The fourth-order valence-electron chi connectivity index (χ4n) is 7.56. The van der Waals surface area contributed by atoms with Gasteiger partial charge in [-0.25, -0.2) is 9.37 Å². The Bertz CT molecular complexity index is 1830. The van der Waals surface area contributed by atoms with E-state index in [0.29, 0.717) is 18.3 Å². The van der Waals surface area contributed by atoms with Crippen molar-refractivity contribution in [1.29, 1.82) is 0 Å². The summed E-state index contributed by atoms with van der Waals surface area (Å²) in [5.74, 6) is 0.401. The number of thiazole rings is 1. The average Bonchev–Trinajstić information content (AvgIpc) is 3.60. The molecule has 1 aliphatic carbocycles. The molecule has 3 aliphatic rings. The number of likely N-dealkylation sites (tertiary alicyclic amines) is 2. The number of piperidine rings is 1. The number of thioether (sulfide) groups is 1. The number of hydrogen-bond donors (Lipinski definition) is 4. The number of alkyl halides is 1. The van der Waals surface area contributed by atoms with E-state index in [1.165, 1.54) is 9.80 Å². The molecule has 2 aromatic carbocycles. The number of nitrogens with one attached hydrogen (secondary N) is 2. The van der Waals surface area contributed by atoms with Gasteiger partial charge in [0.15, 0.2) is 5.67 Å². The first kappa shape index (κ1) is 43.0. The predicted octanol–water partition coefficient (Wildman–Crippen LogP) is 5.72. The summed E-state index contributed by atoms with van der Waals surface area (Å²) in [6, 6.07) is 14.5. The van der Waals surface area contributed by atoms with Crippen LogP contribution < -0.4 is 21.1 Å². The zero-order valence-electron chi connectivity index (χ0n) is 33.7. The standard InChI is InChI=1S/C43H59FN6O5S2/c1-28-37(57-27-47-28)30-10-11-31(24-46-39(52)35-23-33(51)25-50(35)40(53)38(42(2,3)4)48-41(54)43(44)16-17-43)36(22-30)55-21-15-29-12-18-49(19-13-29)20-14-32(45)26-56-34-8-6-5-7-9-34/h5-11,22,27,29,32-33,35,38,51H,12-21,23-26,45H2,1-4H3,(H,46,52)(H,48,54)/t32-,33-,35+,38-/m1/s1. The third-order valence-electron chi connectivity index (χ3n) is 11.4. The molecule has 0 radical (unpaired) electrons. The molecule has 3 fully saturated rings. The third-order valence-corrected chi connectivity index (χ3v) is 13.6. The molecular formula is C43H59FN6O5S2. The topological polar surface area (TPSA) is 150 Å². The lowest BCUT2D eigenvalue weighted by molar-refractivity contribution is -0.145. The summed E-state index contributed by atoms with van der Waals surface area (Å²) in [6.07, 6.45) is 3.51. The van der Waals surface area contributed by atoms with E-state index >= 15 is 0 Å². The molecule has 4 atom stereocenters. The monoisotopic (exact) mass is 822 g/mol. The number of carbonyl (C=O) groups is 3.